The smallest absolute Gasteiger partial charge is 0.227 e. The van der Waals surface area contributed by atoms with Crippen LogP contribution in [0, 0.1) is 0 Å². The fraction of sp³-hybridized carbons (Fsp3) is 0.261. The number of amides is 1. The van der Waals surface area contributed by atoms with E-state index in [-0.39, 0.29) is 29.9 Å². The van der Waals surface area contributed by atoms with Gasteiger partial charge in [0.2, 0.25) is 5.91 Å². The van der Waals surface area contributed by atoms with Crippen molar-refractivity contribution in [2.24, 2.45) is 0 Å². The zero-order chi connectivity index (χ0) is 20.3. The Morgan fingerprint density at radius 3 is 2.24 bits per heavy atom. The van der Waals surface area contributed by atoms with E-state index in [0.717, 1.165) is 16.8 Å². The van der Waals surface area contributed by atoms with Crippen molar-refractivity contribution in [2.75, 3.05) is 11.5 Å². The molecule has 0 spiro atoms. The highest BCUT2D eigenvalue weighted by Crippen LogP contribution is 2.22. The number of sulfone groups is 1. The number of hydrogen-bond donors (Lipinski definition) is 0. The third kappa shape index (κ3) is 4.77. The number of benzene rings is 2. The molecular formula is C23H24N2O3S. The molecule has 1 atom stereocenters. The summed E-state index contributed by atoms with van der Waals surface area (Å²) in [6, 6.07) is 21.3. The lowest BCUT2D eigenvalue weighted by atomic mass is 10.1. The Morgan fingerprint density at radius 2 is 1.62 bits per heavy atom. The largest absolute Gasteiger partial charge is 0.334 e. The predicted molar refractivity (Wildman–Crippen MR) is 114 cm³/mol. The van der Waals surface area contributed by atoms with E-state index in [9.17, 15) is 13.2 Å². The second kappa shape index (κ2) is 8.25. The fourth-order valence-electron chi connectivity index (χ4n) is 3.79. The van der Waals surface area contributed by atoms with Crippen molar-refractivity contribution in [2.45, 2.75) is 25.4 Å². The normalized spacial score (nSPS) is 17.9. The number of hydrogen-bond acceptors (Lipinski definition) is 3. The van der Waals surface area contributed by atoms with Crippen LogP contribution in [0.15, 0.2) is 79.1 Å². The van der Waals surface area contributed by atoms with Crippen LogP contribution >= 0.6 is 0 Å². The first-order valence-corrected chi connectivity index (χ1v) is 11.6. The maximum Gasteiger partial charge on any atom is 0.227 e. The van der Waals surface area contributed by atoms with Gasteiger partial charge in [0.25, 0.3) is 0 Å². The van der Waals surface area contributed by atoms with Gasteiger partial charge in [-0.25, -0.2) is 8.42 Å². The summed E-state index contributed by atoms with van der Waals surface area (Å²) in [5, 5.41) is 0. The average Bonchev–Trinajstić information content (AvgIpc) is 3.37. The molecule has 0 unspecified atom stereocenters. The molecule has 2 aromatic carbocycles. The van der Waals surface area contributed by atoms with E-state index in [0.29, 0.717) is 13.0 Å². The highest BCUT2D eigenvalue weighted by molar-refractivity contribution is 7.91. The van der Waals surface area contributed by atoms with Crippen molar-refractivity contribution in [3.63, 3.8) is 0 Å². The molecule has 1 aliphatic rings. The molecule has 6 heteroatoms. The standard InChI is InChI=1S/C23H24N2O3S/c26-23(16-19-8-10-21(11-9-19)24-13-4-5-14-24)25(17-20-6-2-1-3-7-20)22-12-15-29(27,28)18-22/h1-11,13-14,22H,12,15-18H2/t22-/m1/s1. The van der Waals surface area contributed by atoms with Crippen LogP contribution in [-0.4, -0.2) is 41.3 Å². The summed E-state index contributed by atoms with van der Waals surface area (Å²) in [5.41, 5.74) is 2.96. The molecule has 150 valence electrons. The molecule has 1 aliphatic heterocycles. The molecule has 0 N–H and O–H groups in total. The van der Waals surface area contributed by atoms with Gasteiger partial charge >= 0.3 is 0 Å². The minimum atomic E-state index is -3.07. The highest BCUT2D eigenvalue weighted by atomic mass is 32.2. The number of rotatable bonds is 6. The lowest BCUT2D eigenvalue weighted by Crippen LogP contribution is -2.41. The first-order chi connectivity index (χ1) is 14.0. The van der Waals surface area contributed by atoms with Crippen LogP contribution in [-0.2, 0) is 27.6 Å². The van der Waals surface area contributed by atoms with Crippen LogP contribution in [0.4, 0.5) is 0 Å². The molecule has 1 fully saturated rings. The van der Waals surface area contributed by atoms with E-state index in [1.165, 1.54) is 0 Å². The monoisotopic (exact) mass is 408 g/mol. The van der Waals surface area contributed by atoms with Crippen molar-refractivity contribution in [1.82, 2.24) is 9.47 Å². The summed E-state index contributed by atoms with van der Waals surface area (Å²) in [6.07, 6.45) is 4.72. The van der Waals surface area contributed by atoms with Gasteiger partial charge in [-0.2, -0.15) is 0 Å². The van der Waals surface area contributed by atoms with Gasteiger partial charge in [0.15, 0.2) is 9.84 Å². The molecule has 1 aromatic heterocycles. The average molecular weight is 409 g/mol. The number of carbonyl (C=O) groups excluding carboxylic acids is 1. The lowest BCUT2D eigenvalue weighted by molar-refractivity contribution is -0.133. The van der Waals surface area contributed by atoms with Gasteiger partial charge in [-0.1, -0.05) is 42.5 Å². The molecule has 29 heavy (non-hydrogen) atoms. The molecule has 4 rings (SSSR count). The molecule has 1 saturated heterocycles. The van der Waals surface area contributed by atoms with Gasteiger partial charge in [0.05, 0.1) is 17.9 Å². The highest BCUT2D eigenvalue weighted by Gasteiger charge is 2.34. The van der Waals surface area contributed by atoms with Gasteiger partial charge < -0.3 is 9.47 Å². The number of carbonyl (C=O) groups is 1. The second-order valence-electron chi connectivity index (χ2n) is 7.50. The van der Waals surface area contributed by atoms with Crippen molar-refractivity contribution in [3.8, 4) is 5.69 Å². The summed E-state index contributed by atoms with van der Waals surface area (Å²) < 4.78 is 26.0. The Balaban J connectivity index is 1.51. The van der Waals surface area contributed by atoms with Crippen LogP contribution in [0.1, 0.15) is 17.5 Å². The molecular weight excluding hydrogens is 384 g/mol. The van der Waals surface area contributed by atoms with E-state index >= 15 is 0 Å². The Morgan fingerprint density at radius 1 is 0.931 bits per heavy atom. The Kier molecular flexibility index (Phi) is 5.53. The topological polar surface area (TPSA) is 59.4 Å². The molecule has 0 aliphatic carbocycles. The predicted octanol–water partition coefficient (Wildman–Crippen LogP) is 3.24. The van der Waals surface area contributed by atoms with Gasteiger partial charge in [0, 0.05) is 30.7 Å². The Hall–Kier alpha value is -2.86. The van der Waals surface area contributed by atoms with E-state index in [1.54, 1.807) is 4.90 Å². The maximum absolute atomic E-state index is 13.2. The van der Waals surface area contributed by atoms with E-state index in [1.807, 2.05) is 83.7 Å². The second-order valence-corrected chi connectivity index (χ2v) is 9.73. The van der Waals surface area contributed by atoms with Crippen LogP contribution in [0.2, 0.25) is 0 Å². The van der Waals surface area contributed by atoms with Crippen molar-refractivity contribution < 1.29 is 13.2 Å². The Labute approximate surface area is 171 Å². The van der Waals surface area contributed by atoms with Crippen molar-refractivity contribution in [1.29, 1.82) is 0 Å². The SMILES string of the molecule is O=C(Cc1ccc(-n2cccc2)cc1)N(Cc1ccccc1)[C@@H]1CCS(=O)(=O)C1. The van der Waals surface area contributed by atoms with Gasteiger partial charge in [-0.05, 0) is 41.8 Å². The zero-order valence-corrected chi connectivity index (χ0v) is 17.0. The van der Waals surface area contributed by atoms with Gasteiger partial charge in [0.1, 0.15) is 0 Å². The van der Waals surface area contributed by atoms with Gasteiger partial charge in [-0.15, -0.1) is 0 Å². The van der Waals surface area contributed by atoms with Gasteiger partial charge in [-0.3, -0.25) is 4.79 Å². The third-order valence-electron chi connectivity index (χ3n) is 5.36. The molecule has 0 radical (unpaired) electrons. The molecule has 1 amide bonds. The fourth-order valence-corrected chi connectivity index (χ4v) is 5.52. The van der Waals surface area contributed by atoms with Crippen molar-refractivity contribution in [3.05, 3.63) is 90.3 Å². The molecule has 5 nitrogen and oxygen atoms in total. The summed E-state index contributed by atoms with van der Waals surface area (Å²) in [4.78, 5) is 14.9. The summed E-state index contributed by atoms with van der Waals surface area (Å²) in [7, 11) is -3.07. The maximum atomic E-state index is 13.2. The summed E-state index contributed by atoms with van der Waals surface area (Å²) >= 11 is 0. The minimum absolute atomic E-state index is 0.0373. The van der Waals surface area contributed by atoms with E-state index in [2.05, 4.69) is 0 Å². The number of nitrogens with zero attached hydrogens (tertiary/aromatic N) is 2. The van der Waals surface area contributed by atoms with Crippen LogP contribution in [0.5, 0.6) is 0 Å². The number of aromatic nitrogens is 1. The summed E-state index contributed by atoms with van der Waals surface area (Å²) in [6.45, 7) is 0.432. The molecule has 0 bridgehead atoms. The molecule has 0 saturated carbocycles. The first kappa shape index (κ1) is 19.5. The van der Waals surface area contributed by atoms with Crippen LogP contribution in [0.3, 0.4) is 0 Å². The minimum Gasteiger partial charge on any atom is -0.334 e. The summed E-state index contributed by atoms with van der Waals surface area (Å²) in [5.74, 6) is 0.171. The quantitative estimate of drug-likeness (QED) is 0.629. The van der Waals surface area contributed by atoms with Crippen molar-refractivity contribution >= 4 is 15.7 Å². The molecule has 3 aromatic rings. The van der Waals surface area contributed by atoms with Crippen LogP contribution in [0.25, 0.3) is 5.69 Å². The Bertz CT molecular complexity index is 1060. The zero-order valence-electron chi connectivity index (χ0n) is 16.1. The first-order valence-electron chi connectivity index (χ1n) is 9.76. The van der Waals surface area contributed by atoms with E-state index in [4.69, 9.17) is 0 Å². The molecule has 2 heterocycles. The van der Waals surface area contributed by atoms with Crippen LogP contribution < -0.4 is 0 Å². The van der Waals surface area contributed by atoms with E-state index < -0.39 is 9.84 Å². The lowest BCUT2D eigenvalue weighted by Gasteiger charge is -2.28. The third-order valence-corrected chi connectivity index (χ3v) is 7.11.